The lowest BCUT2D eigenvalue weighted by atomic mass is 10.2. The molecule has 3 aromatic rings. The maximum Gasteiger partial charge on any atom is 0.0962 e. The van der Waals surface area contributed by atoms with Crippen molar-refractivity contribution in [1.82, 2.24) is 4.98 Å². The Bertz CT molecular complexity index is 716. The summed E-state index contributed by atoms with van der Waals surface area (Å²) in [6, 6.07) is 12.1. The van der Waals surface area contributed by atoms with Crippen LogP contribution in [0.5, 0.6) is 0 Å². The van der Waals surface area contributed by atoms with Crippen molar-refractivity contribution in [3.63, 3.8) is 0 Å². The van der Waals surface area contributed by atoms with Gasteiger partial charge in [0.2, 0.25) is 0 Å². The lowest BCUT2D eigenvalue weighted by Gasteiger charge is -2.05. The van der Waals surface area contributed by atoms with Crippen molar-refractivity contribution in [1.29, 1.82) is 0 Å². The number of aliphatic hydroxyl groups is 1. The molecule has 3 rings (SSSR count). The molecule has 0 saturated carbocycles. The maximum absolute atomic E-state index is 10.3. The van der Waals surface area contributed by atoms with Gasteiger partial charge in [-0.2, -0.15) is 0 Å². The molecule has 5 heteroatoms. The predicted molar refractivity (Wildman–Crippen MR) is 93.0 cm³/mol. The van der Waals surface area contributed by atoms with Crippen molar-refractivity contribution in [3.8, 4) is 11.3 Å². The Morgan fingerprint density at radius 2 is 2.05 bits per heavy atom. The molecule has 1 unspecified atom stereocenters. The number of hydrogen-bond acceptors (Lipinski definition) is 4. The molecule has 21 heavy (non-hydrogen) atoms. The zero-order valence-corrected chi connectivity index (χ0v) is 14.6. The highest BCUT2D eigenvalue weighted by atomic mass is 79.9. The number of thiazole rings is 1. The minimum absolute atomic E-state index is 0.491. The van der Waals surface area contributed by atoms with Crippen LogP contribution in [0.25, 0.3) is 11.3 Å². The highest BCUT2D eigenvalue weighted by Crippen LogP contribution is 2.33. The Labute approximate surface area is 140 Å². The Morgan fingerprint density at radius 1 is 1.29 bits per heavy atom. The molecule has 1 atom stereocenters. The number of rotatable bonds is 4. The van der Waals surface area contributed by atoms with Gasteiger partial charge >= 0.3 is 0 Å². The first kappa shape index (κ1) is 14.9. The van der Waals surface area contributed by atoms with Gasteiger partial charge in [0, 0.05) is 31.6 Å². The fourth-order valence-corrected chi connectivity index (χ4v) is 4.45. The van der Waals surface area contributed by atoms with Crippen molar-refractivity contribution < 1.29 is 5.11 Å². The summed E-state index contributed by atoms with van der Waals surface area (Å²) in [6.07, 6.45) is 0.0685. The van der Waals surface area contributed by atoms with E-state index in [1.165, 1.54) is 4.88 Å². The van der Waals surface area contributed by atoms with Gasteiger partial charge in [-0.05, 0) is 28.9 Å². The summed E-state index contributed by atoms with van der Waals surface area (Å²) in [7, 11) is 0. The molecule has 0 radical (unpaired) electrons. The second-order valence-electron chi connectivity index (χ2n) is 4.77. The molecule has 1 N–H and O–H groups in total. The topological polar surface area (TPSA) is 33.1 Å². The van der Waals surface area contributed by atoms with Crippen molar-refractivity contribution >= 4 is 38.6 Å². The third kappa shape index (κ3) is 3.43. The third-order valence-corrected chi connectivity index (χ3v) is 6.30. The Balaban J connectivity index is 1.75. The molecule has 0 saturated heterocycles. The minimum atomic E-state index is -0.491. The molecular formula is C16H14BrNOS2. The lowest BCUT2D eigenvalue weighted by Crippen LogP contribution is -1.99. The van der Waals surface area contributed by atoms with Crippen LogP contribution in [0.2, 0.25) is 0 Å². The Hall–Kier alpha value is -1.01. The molecule has 108 valence electrons. The molecule has 2 aromatic heterocycles. The average Bonchev–Trinajstić information content (AvgIpc) is 3.08. The van der Waals surface area contributed by atoms with Crippen LogP contribution in [0.1, 0.15) is 20.9 Å². The minimum Gasteiger partial charge on any atom is -0.387 e. The highest BCUT2D eigenvalue weighted by molar-refractivity contribution is 9.10. The monoisotopic (exact) mass is 379 g/mol. The predicted octanol–water partition coefficient (Wildman–Crippen LogP) is 5.22. The largest absolute Gasteiger partial charge is 0.387 e. The van der Waals surface area contributed by atoms with Crippen LogP contribution < -0.4 is 0 Å². The van der Waals surface area contributed by atoms with E-state index in [0.717, 1.165) is 25.6 Å². The molecule has 2 nitrogen and oxygen atoms in total. The van der Waals surface area contributed by atoms with E-state index in [-0.39, 0.29) is 0 Å². The summed E-state index contributed by atoms with van der Waals surface area (Å²) in [5, 5.41) is 13.4. The van der Waals surface area contributed by atoms with E-state index >= 15 is 0 Å². The van der Waals surface area contributed by atoms with Gasteiger partial charge in [-0.25, -0.2) is 4.98 Å². The molecule has 0 fully saturated rings. The van der Waals surface area contributed by atoms with Crippen molar-refractivity contribution in [2.75, 3.05) is 0 Å². The summed E-state index contributed by atoms with van der Waals surface area (Å²) in [4.78, 5) is 6.80. The molecule has 0 amide bonds. The molecule has 0 aliphatic heterocycles. The highest BCUT2D eigenvalue weighted by Gasteiger charge is 2.15. The number of aryl methyl sites for hydroxylation is 1. The molecular weight excluding hydrogens is 366 g/mol. The summed E-state index contributed by atoms with van der Waals surface area (Å²) < 4.78 is 1.06. The molecule has 0 aliphatic rings. The number of nitrogens with zero attached hydrogens (tertiary/aromatic N) is 1. The number of aliphatic hydroxyl groups excluding tert-OH is 1. The Kier molecular flexibility index (Phi) is 4.54. The van der Waals surface area contributed by atoms with Gasteiger partial charge in [-0.1, -0.05) is 30.3 Å². The van der Waals surface area contributed by atoms with Gasteiger partial charge in [0.05, 0.1) is 16.8 Å². The summed E-state index contributed by atoms with van der Waals surface area (Å²) >= 11 is 6.72. The van der Waals surface area contributed by atoms with Crippen molar-refractivity contribution in [2.24, 2.45) is 0 Å². The summed E-state index contributed by atoms with van der Waals surface area (Å²) in [5.41, 5.74) is 2.09. The van der Waals surface area contributed by atoms with Crippen LogP contribution in [-0.4, -0.2) is 10.1 Å². The van der Waals surface area contributed by atoms with E-state index in [1.807, 2.05) is 36.6 Å². The van der Waals surface area contributed by atoms with Crippen molar-refractivity contribution in [3.05, 3.63) is 61.0 Å². The van der Waals surface area contributed by atoms with Crippen LogP contribution in [0.3, 0.4) is 0 Å². The van der Waals surface area contributed by atoms with E-state index in [1.54, 1.807) is 22.7 Å². The number of thiophene rings is 1. The first-order valence-corrected chi connectivity index (χ1v) is 9.06. The van der Waals surface area contributed by atoms with Gasteiger partial charge in [0.25, 0.3) is 0 Å². The van der Waals surface area contributed by atoms with Crippen LogP contribution in [0.4, 0.5) is 0 Å². The fourth-order valence-electron chi connectivity index (χ4n) is 2.06. The number of aromatic nitrogens is 1. The SMILES string of the molecule is Cc1sc(C(O)Cc2nc(-c3ccccc3)cs2)cc1Br. The zero-order chi connectivity index (χ0) is 14.8. The zero-order valence-electron chi connectivity index (χ0n) is 11.4. The number of halogens is 1. The van der Waals surface area contributed by atoms with Crippen LogP contribution in [0, 0.1) is 6.92 Å². The van der Waals surface area contributed by atoms with Gasteiger partial charge in [0.1, 0.15) is 0 Å². The first-order valence-electron chi connectivity index (χ1n) is 6.57. The van der Waals surface area contributed by atoms with Gasteiger partial charge < -0.3 is 5.11 Å². The molecule has 2 heterocycles. The smallest absolute Gasteiger partial charge is 0.0962 e. The number of hydrogen-bond donors (Lipinski definition) is 1. The standard InChI is InChI=1S/C16H14BrNOS2/c1-10-12(17)7-15(21-10)14(19)8-16-18-13(9-20-16)11-5-3-2-4-6-11/h2-7,9,14,19H,8H2,1H3. The number of benzene rings is 1. The van der Waals surface area contributed by atoms with E-state index < -0.39 is 6.10 Å². The van der Waals surface area contributed by atoms with Crippen LogP contribution in [0.15, 0.2) is 46.3 Å². The summed E-state index contributed by atoms with van der Waals surface area (Å²) in [5.74, 6) is 0. The van der Waals surface area contributed by atoms with Crippen LogP contribution >= 0.6 is 38.6 Å². The van der Waals surface area contributed by atoms with E-state index in [0.29, 0.717) is 6.42 Å². The first-order chi connectivity index (χ1) is 10.1. The van der Waals surface area contributed by atoms with E-state index in [4.69, 9.17) is 0 Å². The Morgan fingerprint density at radius 3 is 2.71 bits per heavy atom. The second-order valence-corrected chi connectivity index (χ2v) is 7.85. The van der Waals surface area contributed by atoms with Gasteiger partial charge in [-0.3, -0.25) is 0 Å². The van der Waals surface area contributed by atoms with E-state index in [2.05, 4.69) is 33.0 Å². The van der Waals surface area contributed by atoms with Crippen LogP contribution in [-0.2, 0) is 6.42 Å². The maximum atomic E-state index is 10.3. The summed E-state index contributed by atoms with van der Waals surface area (Å²) in [6.45, 7) is 2.04. The quantitative estimate of drug-likeness (QED) is 0.673. The molecule has 0 aliphatic carbocycles. The van der Waals surface area contributed by atoms with Gasteiger partial charge in [0.15, 0.2) is 0 Å². The fraction of sp³-hybridized carbons (Fsp3) is 0.188. The van der Waals surface area contributed by atoms with Crippen molar-refractivity contribution in [2.45, 2.75) is 19.4 Å². The van der Waals surface area contributed by atoms with Gasteiger partial charge in [-0.15, -0.1) is 22.7 Å². The normalized spacial score (nSPS) is 12.5. The van der Waals surface area contributed by atoms with E-state index in [9.17, 15) is 5.11 Å². The molecule has 0 spiro atoms. The average molecular weight is 380 g/mol. The second kappa shape index (κ2) is 6.40. The third-order valence-electron chi connectivity index (χ3n) is 3.19. The lowest BCUT2D eigenvalue weighted by molar-refractivity contribution is 0.182. The molecule has 1 aromatic carbocycles. The molecule has 0 bridgehead atoms.